The maximum Gasteiger partial charge on any atom is 0.260 e. The van der Waals surface area contributed by atoms with E-state index in [0.29, 0.717) is 31.2 Å². The third-order valence-corrected chi connectivity index (χ3v) is 5.04. The van der Waals surface area contributed by atoms with Gasteiger partial charge in [0.05, 0.1) is 12.1 Å². The van der Waals surface area contributed by atoms with Gasteiger partial charge in [-0.3, -0.25) is 4.79 Å². The summed E-state index contributed by atoms with van der Waals surface area (Å²) in [5.41, 5.74) is 0.991. The molecule has 0 bridgehead atoms. The van der Waals surface area contributed by atoms with Crippen molar-refractivity contribution in [1.29, 1.82) is 0 Å². The van der Waals surface area contributed by atoms with Crippen molar-refractivity contribution >= 4 is 22.6 Å². The molecule has 1 saturated heterocycles. The summed E-state index contributed by atoms with van der Waals surface area (Å²) in [6, 6.07) is 19.7. The van der Waals surface area contributed by atoms with Gasteiger partial charge < -0.3 is 19.3 Å². The summed E-state index contributed by atoms with van der Waals surface area (Å²) < 4.78 is 11.3. The van der Waals surface area contributed by atoms with Gasteiger partial charge in [0.25, 0.3) is 5.91 Å². The quantitative estimate of drug-likeness (QED) is 0.645. The van der Waals surface area contributed by atoms with Crippen LogP contribution in [0.2, 0.25) is 0 Å². The molecule has 6 heteroatoms. The number of fused-ring (bicyclic) bond motifs is 1. The molecule has 1 aromatic heterocycles. The number of hydrogen-bond acceptors (Lipinski definition) is 5. The van der Waals surface area contributed by atoms with Gasteiger partial charge in [-0.2, -0.15) is 0 Å². The van der Waals surface area contributed by atoms with Crippen LogP contribution >= 0.6 is 0 Å². The molecule has 6 nitrogen and oxygen atoms in total. The molecule has 0 atom stereocenters. The number of rotatable bonds is 6. The first-order valence-electron chi connectivity index (χ1n) is 9.98. The van der Waals surface area contributed by atoms with Crippen LogP contribution in [0.1, 0.15) is 6.92 Å². The minimum Gasteiger partial charge on any atom is -0.490 e. The second-order valence-corrected chi connectivity index (χ2v) is 6.90. The largest absolute Gasteiger partial charge is 0.490 e. The fourth-order valence-corrected chi connectivity index (χ4v) is 3.49. The van der Waals surface area contributed by atoms with Crippen LogP contribution < -0.4 is 14.4 Å². The van der Waals surface area contributed by atoms with Gasteiger partial charge >= 0.3 is 0 Å². The van der Waals surface area contributed by atoms with Crippen LogP contribution in [0.15, 0.2) is 60.7 Å². The SMILES string of the molecule is CCOc1ccccc1OCC(=O)N1CCN(c2ccc3ccccc3n2)CC1. The van der Waals surface area contributed by atoms with Crippen molar-refractivity contribution in [3.8, 4) is 11.5 Å². The van der Waals surface area contributed by atoms with Crippen LogP contribution in [-0.2, 0) is 4.79 Å². The summed E-state index contributed by atoms with van der Waals surface area (Å²) >= 11 is 0. The molecule has 4 rings (SSSR count). The average Bonchev–Trinajstić information content (AvgIpc) is 2.78. The van der Waals surface area contributed by atoms with E-state index >= 15 is 0 Å². The highest BCUT2D eigenvalue weighted by Gasteiger charge is 2.22. The van der Waals surface area contributed by atoms with Crippen molar-refractivity contribution in [3.05, 3.63) is 60.7 Å². The van der Waals surface area contributed by atoms with E-state index in [2.05, 4.69) is 17.0 Å². The molecular formula is C23H25N3O3. The van der Waals surface area contributed by atoms with Crippen molar-refractivity contribution in [3.63, 3.8) is 0 Å². The van der Waals surface area contributed by atoms with Gasteiger partial charge in [-0.05, 0) is 37.3 Å². The molecule has 1 amide bonds. The number of carbonyl (C=O) groups is 1. The summed E-state index contributed by atoms with van der Waals surface area (Å²) in [4.78, 5) is 21.4. The predicted octanol–water partition coefficient (Wildman–Crippen LogP) is 3.36. The number of hydrogen-bond donors (Lipinski definition) is 0. The minimum atomic E-state index is -0.0116. The van der Waals surface area contributed by atoms with Crippen molar-refractivity contribution in [2.24, 2.45) is 0 Å². The highest BCUT2D eigenvalue weighted by Crippen LogP contribution is 2.26. The minimum absolute atomic E-state index is 0.0116. The molecule has 0 unspecified atom stereocenters. The predicted molar refractivity (Wildman–Crippen MR) is 114 cm³/mol. The van der Waals surface area contributed by atoms with E-state index in [1.165, 1.54) is 0 Å². The lowest BCUT2D eigenvalue weighted by Gasteiger charge is -2.35. The maximum absolute atomic E-state index is 12.6. The first-order chi connectivity index (χ1) is 14.2. The Balaban J connectivity index is 1.32. The van der Waals surface area contributed by atoms with Gasteiger partial charge in [-0.15, -0.1) is 0 Å². The second-order valence-electron chi connectivity index (χ2n) is 6.90. The lowest BCUT2D eigenvalue weighted by molar-refractivity contribution is -0.133. The zero-order valence-electron chi connectivity index (χ0n) is 16.6. The number of anilines is 1. The van der Waals surface area contributed by atoms with Gasteiger partial charge in [0.2, 0.25) is 0 Å². The molecule has 3 aromatic rings. The summed E-state index contributed by atoms with van der Waals surface area (Å²) in [5.74, 6) is 2.21. The topological polar surface area (TPSA) is 54.9 Å². The fraction of sp³-hybridized carbons (Fsp3) is 0.304. The molecule has 2 heterocycles. The van der Waals surface area contributed by atoms with E-state index in [1.807, 2.05) is 60.4 Å². The standard InChI is InChI=1S/C23H25N3O3/c1-2-28-20-9-5-6-10-21(20)29-17-23(27)26-15-13-25(14-16-26)22-12-11-18-7-3-4-8-19(18)24-22/h3-12H,2,13-17H2,1H3. The molecule has 2 aromatic carbocycles. The summed E-state index contributed by atoms with van der Waals surface area (Å²) in [7, 11) is 0. The molecule has 1 aliphatic heterocycles. The van der Waals surface area contributed by atoms with Crippen LogP contribution in [-0.4, -0.2) is 55.2 Å². The molecule has 0 spiro atoms. The number of nitrogens with zero attached hydrogens (tertiary/aromatic N) is 3. The highest BCUT2D eigenvalue weighted by atomic mass is 16.5. The highest BCUT2D eigenvalue weighted by molar-refractivity contribution is 5.80. The van der Waals surface area contributed by atoms with E-state index in [-0.39, 0.29) is 12.5 Å². The Hall–Kier alpha value is -3.28. The number of aromatic nitrogens is 1. The zero-order chi connectivity index (χ0) is 20.1. The van der Waals surface area contributed by atoms with Crippen LogP contribution in [0, 0.1) is 0 Å². The van der Waals surface area contributed by atoms with Crippen molar-refractivity contribution in [2.75, 3.05) is 44.3 Å². The molecule has 29 heavy (non-hydrogen) atoms. The van der Waals surface area contributed by atoms with Gasteiger partial charge in [0.1, 0.15) is 5.82 Å². The Kier molecular flexibility index (Phi) is 5.79. The lowest BCUT2D eigenvalue weighted by atomic mass is 10.2. The molecule has 0 radical (unpaired) electrons. The first kappa shape index (κ1) is 19.1. The van der Waals surface area contributed by atoms with E-state index in [1.54, 1.807) is 0 Å². The molecule has 1 fully saturated rings. The Morgan fingerprint density at radius 3 is 2.34 bits per heavy atom. The number of para-hydroxylation sites is 3. The first-order valence-corrected chi connectivity index (χ1v) is 9.98. The summed E-state index contributed by atoms with van der Waals surface area (Å²) in [6.45, 7) is 5.32. The Bertz CT molecular complexity index is 984. The molecule has 0 saturated carbocycles. The van der Waals surface area contributed by atoms with E-state index in [9.17, 15) is 4.79 Å². The normalized spacial score (nSPS) is 14.1. The number of ether oxygens (including phenoxy) is 2. The maximum atomic E-state index is 12.6. The molecule has 0 N–H and O–H groups in total. The van der Waals surface area contributed by atoms with Crippen molar-refractivity contribution in [1.82, 2.24) is 9.88 Å². The number of amides is 1. The number of benzene rings is 2. The molecule has 1 aliphatic rings. The van der Waals surface area contributed by atoms with Crippen LogP contribution in [0.3, 0.4) is 0 Å². The van der Waals surface area contributed by atoms with E-state index < -0.39 is 0 Å². The van der Waals surface area contributed by atoms with E-state index in [4.69, 9.17) is 14.5 Å². The van der Waals surface area contributed by atoms with Crippen molar-refractivity contribution in [2.45, 2.75) is 6.92 Å². The Labute approximate surface area is 170 Å². The Morgan fingerprint density at radius 1 is 0.897 bits per heavy atom. The second kappa shape index (κ2) is 8.82. The number of pyridine rings is 1. The Morgan fingerprint density at radius 2 is 1.59 bits per heavy atom. The fourth-order valence-electron chi connectivity index (χ4n) is 3.49. The summed E-state index contributed by atoms with van der Waals surface area (Å²) in [5, 5.41) is 1.13. The van der Waals surface area contributed by atoms with Gasteiger partial charge in [-0.1, -0.05) is 30.3 Å². The van der Waals surface area contributed by atoms with Crippen LogP contribution in [0.4, 0.5) is 5.82 Å². The average molecular weight is 391 g/mol. The van der Waals surface area contributed by atoms with Crippen molar-refractivity contribution < 1.29 is 14.3 Å². The van der Waals surface area contributed by atoms with E-state index in [0.717, 1.165) is 29.8 Å². The molecular weight excluding hydrogens is 366 g/mol. The smallest absolute Gasteiger partial charge is 0.260 e. The number of piperazine rings is 1. The summed E-state index contributed by atoms with van der Waals surface area (Å²) in [6.07, 6.45) is 0. The molecule has 0 aliphatic carbocycles. The molecule has 150 valence electrons. The number of carbonyl (C=O) groups excluding carboxylic acids is 1. The monoisotopic (exact) mass is 391 g/mol. The van der Waals surface area contributed by atoms with Crippen LogP contribution in [0.25, 0.3) is 10.9 Å². The lowest BCUT2D eigenvalue weighted by Crippen LogP contribution is -2.50. The third-order valence-electron chi connectivity index (χ3n) is 5.04. The van der Waals surface area contributed by atoms with Gasteiger partial charge in [0.15, 0.2) is 18.1 Å². The van der Waals surface area contributed by atoms with Gasteiger partial charge in [-0.25, -0.2) is 4.98 Å². The zero-order valence-corrected chi connectivity index (χ0v) is 16.6. The van der Waals surface area contributed by atoms with Gasteiger partial charge in [0, 0.05) is 31.6 Å². The van der Waals surface area contributed by atoms with Crippen LogP contribution in [0.5, 0.6) is 11.5 Å². The third kappa shape index (κ3) is 4.42.